The number of carbonyl (C=O) groups excluding carboxylic acids is 1. The van der Waals surface area contributed by atoms with Crippen molar-refractivity contribution in [3.05, 3.63) is 59.1 Å². The van der Waals surface area contributed by atoms with E-state index in [0.29, 0.717) is 11.6 Å². The Bertz CT molecular complexity index is 660. The SMILES string of the molecule is COc1ccccc1CN(C)C(=O)C(C)Sc1ccc(Cl)cc1. The van der Waals surface area contributed by atoms with Crippen LogP contribution in [0.2, 0.25) is 5.02 Å². The Labute approximate surface area is 146 Å². The summed E-state index contributed by atoms with van der Waals surface area (Å²) in [4.78, 5) is 15.3. The van der Waals surface area contributed by atoms with Gasteiger partial charge in [0.05, 0.1) is 12.4 Å². The molecule has 0 radical (unpaired) electrons. The van der Waals surface area contributed by atoms with E-state index in [0.717, 1.165) is 16.2 Å². The summed E-state index contributed by atoms with van der Waals surface area (Å²) < 4.78 is 5.34. The fraction of sp³-hybridized carbons (Fsp3) is 0.278. The monoisotopic (exact) mass is 349 g/mol. The molecule has 0 heterocycles. The Morgan fingerprint density at radius 1 is 1.22 bits per heavy atom. The summed E-state index contributed by atoms with van der Waals surface area (Å²) in [6.45, 7) is 2.44. The minimum Gasteiger partial charge on any atom is -0.496 e. The molecular formula is C18H20ClNO2S. The number of thioether (sulfide) groups is 1. The first kappa shape index (κ1) is 17.7. The van der Waals surface area contributed by atoms with Crippen molar-refractivity contribution in [3.63, 3.8) is 0 Å². The van der Waals surface area contributed by atoms with E-state index in [1.807, 2.05) is 62.5 Å². The Hall–Kier alpha value is -1.65. The first-order chi connectivity index (χ1) is 11.0. The van der Waals surface area contributed by atoms with Gasteiger partial charge in [-0.15, -0.1) is 11.8 Å². The van der Waals surface area contributed by atoms with Crippen LogP contribution in [0.5, 0.6) is 5.75 Å². The molecule has 0 saturated heterocycles. The molecule has 0 aliphatic heterocycles. The third kappa shape index (κ3) is 4.91. The smallest absolute Gasteiger partial charge is 0.235 e. The average Bonchev–Trinajstić information content (AvgIpc) is 2.56. The number of nitrogens with zero attached hydrogens (tertiary/aromatic N) is 1. The van der Waals surface area contributed by atoms with E-state index in [2.05, 4.69) is 0 Å². The molecule has 2 rings (SSSR count). The summed E-state index contributed by atoms with van der Waals surface area (Å²) >= 11 is 7.41. The molecule has 2 aromatic carbocycles. The summed E-state index contributed by atoms with van der Waals surface area (Å²) in [5.41, 5.74) is 0.995. The molecule has 0 spiro atoms. The van der Waals surface area contributed by atoms with Gasteiger partial charge >= 0.3 is 0 Å². The number of hydrogen-bond acceptors (Lipinski definition) is 3. The number of para-hydroxylation sites is 1. The highest BCUT2D eigenvalue weighted by Gasteiger charge is 2.19. The highest BCUT2D eigenvalue weighted by molar-refractivity contribution is 8.00. The molecule has 5 heteroatoms. The second-order valence-electron chi connectivity index (χ2n) is 5.22. The average molecular weight is 350 g/mol. The normalized spacial score (nSPS) is 11.8. The second kappa shape index (κ2) is 8.27. The van der Waals surface area contributed by atoms with Crippen molar-refractivity contribution in [1.29, 1.82) is 0 Å². The topological polar surface area (TPSA) is 29.5 Å². The maximum atomic E-state index is 12.6. The Balaban J connectivity index is 1.99. The maximum Gasteiger partial charge on any atom is 0.235 e. The quantitative estimate of drug-likeness (QED) is 0.720. The zero-order chi connectivity index (χ0) is 16.8. The highest BCUT2D eigenvalue weighted by atomic mass is 35.5. The molecule has 1 atom stereocenters. The van der Waals surface area contributed by atoms with Crippen LogP contribution in [0.4, 0.5) is 0 Å². The molecule has 1 unspecified atom stereocenters. The number of hydrogen-bond donors (Lipinski definition) is 0. The van der Waals surface area contributed by atoms with Crippen LogP contribution in [-0.2, 0) is 11.3 Å². The number of rotatable bonds is 6. The number of ether oxygens (including phenoxy) is 1. The van der Waals surface area contributed by atoms with E-state index in [1.54, 1.807) is 12.0 Å². The van der Waals surface area contributed by atoms with Crippen LogP contribution >= 0.6 is 23.4 Å². The molecule has 122 valence electrons. The molecule has 2 aromatic rings. The molecule has 0 fully saturated rings. The van der Waals surface area contributed by atoms with Gasteiger partial charge in [-0.1, -0.05) is 29.8 Å². The maximum absolute atomic E-state index is 12.6. The van der Waals surface area contributed by atoms with Crippen molar-refractivity contribution in [2.45, 2.75) is 23.6 Å². The molecule has 23 heavy (non-hydrogen) atoms. The number of amides is 1. The second-order valence-corrected chi connectivity index (χ2v) is 7.07. The van der Waals surface area contributed by atoms with Gasteiger partial charge in [0.1, 0.15) is 5.75 Å². The third-order valence-corrected chi connectivity index (χ3v) is 4.80. The third-order valence-electron chi connectivity index (χ3n) is 3.45. The Morgan fingerprint density at radius 3 is 2.52 bits per heavy atom. The van der Waals surface area contributed by atoms with Crippen molar-refractivity contribution in [2.75, 3.05) is 14.2 Å². The van der Waals surface area contributed by atoms with Gasteiger partial charge in [-0.05, 0) is 37.3 Å². The zero-order valence-corrected chi connectivity index (χ0v) is 15.0. The molecule has 0 N–H and O–H groups in total. The van der Waals surface area contributed by atoms with Gasteiger partial charge in [0.25, 0.3) is 0 Å². The van der Waals surface area contributed by atoms with E-state index in [4.69, 9.17) is 16.3 Å². The molecule has 1 amide bonds. The van der Waals surface area contributed by atoms with Crippen molar-refractivity contribution in [2.24, 2.45) is 0 Å². The Kier molecular flexibility index (Phi) is 6.37. The zero-order valence-electron chi connectivity index (χ0n) is 13.5. The van der Waals surface area contributed by atoms with E-state index >= 15 is 0 Å². The highest BCUT2D eigenvalue weighted by Crippen LogP contribution is 2.26. The predicted octanol–water partition coefficient (Wildman–Crippen LogP) is 4.49. The van der Waals surface area contributed by atoms with Crippen LogP contribution in [0.25, 0.3) is 0 Å². The van der Waals surface area contributed by atoms with Crippen LogP contribution in [-0.4, -0.2) is 30.2 Å². The van der Waals surface area contributed by atoms with Crippen LogP contribution in [0.15, 0.2) is 53.4 Å². The van der Waals surface area contributed by atoms with Crippen LogP contribution in [0.1, 0.15) is 12.5 Å². The molecule has 0 aromatic heterocycles. The van der Waals surface area contributed by atoms with Crippen molar-refractivity contribution in [3.8, 4) is 5.75 Å². The summed E-state index contributed by atoms with van der Waals surface area (Å²) in [6, 6.07) is 15.3. The van der Waals surface area contributed by atoms with Crippen LogP contribution < -0.4 is 4.74 Å². The molecule has 0 aliphatic carbocycles. The van der Waals surface area contributed by atoms with Crippen LogP contribution in [0, 0.1) is 0 Å². The van der Waals surface area contributed by atoms with E-state index < -0.39 is 0 Å². The molecule has 0 bridgehead atoms. The largest absolute Gasteiger partial charge is 0.496 e. The van der Waals surface area contributed by atoms with E-state index in [1.165, 1.54) is 11.8 Å². The number of methoxy groups -OCH3 is 1. The van der Waals surface area contributed by atoms with Gasteiger partial charge in [-0.2, -0.15) is 0 Å². The molecule has 3 nitrogen and oxygen atoms in total. The van der Waals surface area contributed by atoms with Gasteiger partial charge in [-0.25, -0.2) is 0 Å². The number of carbonyl (C=O) groups is 1. The van der Waals surface area contributed by atoms with Gasteiger partial charge in [0.2, 0.25) is 5.91 Å². The lowest BCUT2D eigenvalue weighted by Crippen LogP contribution is -2.32. The number of benzene rings is 2. The van der Waals surface area contributed by atoms with E-state index in [9.17, 15) is 4.79 Å². The summed E-state index contributed by atoms with van der Waals surface area (Å²) in [5, 5.41) is 0.525. The van der Waals surface area contributed by atoms with Crippen molar-refractivity contribution < 1.29 is 9.53 Å². The van der Waals surface area contributed by atoms with Crippen molar-refractivity contribution in [1.82, 2.24) is 4.90 Å². The minimum atomic E-state index is -0.170. The molecule has 0 saturated carbocycles. The van der Waals surface area contributed by atoms with Gasteiger partial charge < -0.3 is 9.64 Å². The fourth-order valence-corrected chi connectivity index (χ4v) is 3.35. The lowest BCUT2D eigenvalue weighted by Gasteiger charge is -2.22. The summed E-state index contributed by atoms with van der Waals surface area (Å²) in [7, 11) is 3.45. The predicted molar refractivity (Wildman–Crippen MR) is 96.2 cm³/mol. The summed E-state index contributed by atoms with van der Waals surface area (Å²) in [5.74, 6) is 0.876. The van der Waals surface area contributed by atoms with Gasteiger partial charge in [0.15, 0.2) is 0 Å². The first-order valence-electron chi connectivity index (χ1n) is 7.30. The minimum absolute atomic E-state index is 0.0795. The number of halogens is 1. The lowest BCUT2D eigenvalue weighted by atomic mass is 10.2. The van der Waals surface area contributed by atoms with Crippen molar-refractivity contribution >= 4 is 29.3 Å². The summed E-state index contributed by atoms with van der Waals surface area (Å²) in [6.07, 6.45) is 0. The van der Waals surface area contributed by atoms with Crippen LogP contribution in [0.3, 0.4) is 0 Å². The molecule has 0 aliphatic rings. The standard InChI is InChI=1S/C18H20ClNO2S/c1-13(23-16-10-8-15(19)9-11-16)18(21)20(2)12-14-6-4-5-7-17(14)22-3/h4-11,13H,12H2,1-3H3. The first-order valence-corrected chi connectivity index (χ1v) is 8.56. The Morgan fingerprint density at radius 2 is 1.87 bits per heavy atom. The van der Waals surface area contributed by atoms with Gasteiger partial charge in [0, 0.05) is 29.1 Å². The lowest BCUT2D eigenvalue weighted by molar-refractivity contribution is -0.129. The fourth-order valence-electron chi connectivity index (χ4n) is 2.25. The van der Waals surface area contributed by atoms with Gasteiger partial charge in [-0.3, -0.25) is 4.79 Å². The molecular weight excluding hydrogens is 330 g/mol. The van der Waals surface area contributed by atoms with E-state index in [-0.39, 0.29) is 11.2 Å².